The topological polar surface area (TPSA) is 0 Å². The smallest absolute Gasteiger partial charge is 0.00888 e. The quantitative estimate of drug-likeness (QED) is 0.532. The molecule has 0 saturated heterocycles. The van der Waals surface area contributed by atoms with E-state index in [0.29, 0.717) is 0 Å². The average Bonchev–Trinajstić information content (AvgIpc) is 1.89. The molecule has 0 saturated carbocycles. The summed E-state index contributed by atoms with van der Waals surface area (Å²) in [7, 11) is 0. The summed E-state index contributed by atoms with van der Waals surface area (Å²) in [5.74, 6) is 0. The van der Waals surface area contributed by atoms with Crippen LogP contribution in [0.15, 0.2) is 24.3 Å². The zero-order chi connectivity index (χ0) is 6.69. The maximum absolute atomic E-state index is 4.74. The van der Waals surface area contributed by atoms with Crippen LogP contribution in [0.3, 0.4) is 0 Å². The van der Waals surface area contributed by atoms with Crippen LogP contribution in [0, 0.1) is 6.92 Å². The van der Waals surface area contributed by atoms with Crippen molar-refractivity contribution in [3.63, 3.8) is 0 Å². The largest absolute Gasteiger partial charge is 0.0881 e. The van der Waals surface area contributed by atoms with Gasteiger partial charge < -0.3 is 0 Å². The molecule has 0 spiro atoms. The highest BCUT2D eigenvalue weighted by Gasteiger charge is 1.87. The van der Waals surface area contributed by atoms with Gasteiger partial charge in [-0.25, -0.2) is 0 Å². The van der Waals surface area contributed by atoms with E-state index < -0.39 is 0 Å². The molecule has 0 unspecified atom stereocenters. The first kappa shape index (κ1) is 6.43. The van der Waals surface area contributed by atoms with E-state index in [0.717, 1.165) is 11.1 Å². The molecular formula is C8H7S. The maximum atomic E-state index is 4.74. The Morgan fingerprint density at radius 2 is 2.00 bits per heavy atom. The van der Waals surface area contributed by atoms with Crippen molar-refractivity contribution in [2.24, 2.45) is 0 Å². The van der Waals surface area contributed by atoms with E-state index in [9.17, 15) is 0 Å². The van der Waals surface area contributed by atoms with Gasteiger partial charge in [-0.3, -0.25) is 0 Å². The Bertz CT molecular complexity index is 216. The maximum Gasteiger partial charge on any atom is 0.00888 e. The van der Waals surface area contributed by atoms with Gasteiger partial charge in [0.05, 0.1) is 0 Å². The summed E-state index contributed by atoms with van der Waals surface area (Å²) in [6.07, 6.45) is 0. The van der Waals surface area contributed by atoms with Gasteiger partial charge >= 0.3 is 0 Å². The zero-order valence-electron chi connectivity index (χ0n) is 5.00. The van der Waals surface area contributed by atoms with Gasteiger partial charge in [-0.2, -0.15) is 0 Å². The van der Waals surface area contributed by atoms with Crippen molar-refractivity contribution in [3.8, 4) is 0 Å². The molecule has 0 aromatic heterocycles. The van der Waals surface area contributed by atoms with Crippen molar-refractivity contribution in [2.45, 2.75) is 0 Å². The third kappa shape index (κ3) is 1.36. The van der Waals surface area contributed by atoms with E-state index in [-0.39, 0.29) is 0 Å². The minimum Gasteiger partial charge on any atom is -0.0881 e. The number of hydrogen-bond acceptors (Lipinski definition) is 1. The predicted octanol–water partition coefficient (Wildman–Crippen LogP) is 2.22. The van der Waals surface area contributed by atoms with Crippen LogP contribution < -0.4 is 0 Å². The lowest BCUT2D eigenvalue weighted by atomic mass is 10.1. The Hall–Kier alpha value is -0.690. The lowest BCUT2D eigenvalue weighted by Gasteiger charge is -1.93. The SMILES string of the molecule is [CH2]c1ccccc1C=S. The number of benzene rings is 1. The second-order valence-corrected chi connectivity index (χ2v) is 2.05. The molecule has 0 heterocycles. The lowest BCUT2D eigenvalue weighted by Crippen LogP contribution is -1.81. The van der Waals surface area contributed by atoms with Gasteiger partial charge in [-0.05, 0) is 18.1 Å². The van der Waals surface area contributed by atoms with Gasteiger partial charge in [0.1, 0.15) is 0 Å². The summed E-state index contributed by atoms with van der Waals surface area (Å²) < 4.78 is 0. The van der Waals surface area contributed by atoms with Gasteiger partial charge in [0.2, 0.25) is 0 Å². The minimum absolute atomic E-state index is 0.993. The summed E-state index contributed by atoms with van der Waals surface area (Å²) in [4.78, 5) is 0. The zero-order valence-corrected chi connectivity index (χ0v) is 5.82. The van der Waals surface area contributed by atoms with Crippen molar-refractivity contribution >= 4 is 17.6 Å². The van der Waals surface area contributed by atoms with Crippen LogP contribution in [0.25, 0.3) is 0 Å². The van der Waals surface area contributed by atoms with Gasteiger partial charge in [0.25, 0.3) is 0 Å². The van der Waals surface area contributed by atoms with Gasteiger partial charge in [-0.15, -0.1) is 0 Å². The van der Waals surface area contributed by atoms with E-state index in [1.165, 1.54) is 0 Å². The second-order valence-electron chi connectivity index (χ2n) is 1.82. The Morgan fingerprint density at radius 1 is 1.33 bits per heavy atom. The molecule has 0 nitrogen and oxygen atoms in total. The molecule has 1 rings (SSSR count). The summed E-state index contributed by atoms with van der Waals surface area (Å²) in [5.41, 5.74) is 2.03. The Labute approximate surface area is 60.5 Å². The molecule has 9 heavy (non-hydrogen) atoms. The standard InChI is InChI=1S/C8H7S/c1-7-4-2-3-5-8(7)6-9/h2-6H,1H2. The lowest BCUT2D eigenvalue weighted by molar-refractivity contribution is 1.59. The van der Waals surface area contributed by atoms with Gasteiger partial charge in [-0.1, -0.05) is 36.5 Å². The molecule has 1 radical (unpaired) electrons. The highest BCUT2D eigenvalue weighted by Crippen LogP contribution is 2.02. The molecule has 0 N–H and O–H groups in total. The summed E-state index contributed by atoms with van der Waals surface area (Å²) in [6.45, 7) is 3.79. The van der Waals surface area contributed by atoms with Crippen LogP contribution >= 0.6 is 12.2 Å². The van der Waals surface area contributed by atoms with Crippen molar-refractivity contribution in [1.82, 2.24) is 0 Å². The number of rotatable bonds is 1. The summed E-state index contributed by atoms with van der Waals surface area (Å²) >= 11 is 4.74. The van der Waals surface area contributed by atoms with Crippen molar-refractivity contribution < 1.29 is 0 Å². The summed E-state index contributed by atoms with van der Waals surface area (Å²) in [5, 5.41) is 1.64. The second kappa shape index (κ2) is 2.74. The fraction of sp³-hybridized carbons (Fsp3) is 0. The molecule has 1 aromatic rings. The molecule has 0 bridgehead atoms. The molecule has 1 aromatic carbocycles. The van der Waals surface area contributed by atoms with Crippen LogP contribution in [0.5, 0.6) is 0 Å². The van der Waals surface area contributed by atoms with Crippen LogP contribution in [0.1, 0.15) is 11.1 Å². The van der Waals surface area contributed by atoms with E-state index >= 15 is 0 Å². The molecular weight excluding hydrogens is 128 g/mol. The molecule has 0 aliphatic rings. The fourth-order valence-electron chi connectivity index (χ4n) is 0.649. The Morgan fingerprint density at radius 3 is 2.44 bits per heavy atom. The highest BCUT2D eigenvalue weighted by atomic mass is 32.1. The van der Waals surface area contributed by atoms with E-state index in [1.54, 1.807) is 5.37 Å². The first-order valence-corrected chi connectivity index (χ1v) is 3.18. The minimum atomic E-state index is 0.993. The van der Waals surface area contributed by atoms with Crippen molar-refractivity contribution in [3.05, 3.63) is 42.3 Å². The third-order valence-corrected chi connectivity index (χ3v) is 1.44. The van der Waals surface area contributed by atoms with Crippen LogP contribution in [0.4, 0.5) is 0 Å². The monoisotopic (exact) mass is 135 g/mol. The predicted molar refractivity (Wildman–Crippen MR) is 43.7 cm³/mol. The Kier molecular flexibility index (Phi) is 1.96. The molecule has 0 fully saturated rings. The van der Waals surface area contributed by atoms with Crippen LogP contribution in [-0.2, 0) is 0 Å². The van der Waals surface area contributed by atoms with E-state index in [2.05, 4.69) is 6.92 Å². The van der Waals surface area contributed by atoms with E-state index in [4.69, 9.17) is 12.2 Å². The molecule has 0 atom stereocenters. The summed E-state index contributed by atoms with van der Waals surface area (Å²) in [6, 6.07) is 7.80. The number of thiocarbonyl (C=S) groups is 1. The van der Waals surface area contributed by atoms with Crippen LogP contribution in [-0.4, -0.2) is 5.37 Å². The molecule has 1 heteroatoms. The van der Waals surface area contributed by atoms with E-state index in [1.807, 2.05) is 24.3 Å². The van der Waals surface area contributed by atoms with Crippen molar-refractivity contribution in [2.75, 3.05) is 0 Å². The number of hydrogen-bond donors (Lipinski definition) is 0. The molecule has 0 aliphatic carbocycles. The van der Waals surface area contributed by atoms with Crippen molar-refractivity contribution in [1.29, 1.82) is 0 Å². The normalized spacial score (nSPS) is 9.00. The first-order chi connectivity index (χ1) is 4.34. The third-order valence-electron chi connectivity index (χ3n) is 1.18. The van der Waals surface area contributed by atoms with Gasteiger partial charge in [0, 0.05) is 5.37 Å². The highest BCUT2D eigenvalue weighted by molar-refractivity contribution is 7.79. The first-order valence-electron chi connectivity index (χ1n) is 2.71. The average molecular weight is 135 g/mol. The fourth-order valence-corrected chi connectivity index (χ4v) is 0.879. The van der Waals surface area contributed by atoms with Gasteiger partial charge in [0.15, 0.2) is 0 Å². The molecule has 45 valence electrons. The molecule has 0 aliphatic heterocycles. The Balaban J connectivity index is 3.15. The molecule has 0 amide bonds. The van der Waals surface area contributed by atoms with Crippen LogP contribution in [0.2, 0.25) is 0 Å².